The van der Waals surface area contributed by atoms with Gasteiger partial charge in [-0.05, 0) is 24.3 Å². The van der Waals surface area contributed by atoms with Gasteiger partial charge in [0, 0.05) is 16.7 Å². The van der Waals surface area contributed by atoms with E-state index >= 15 is 0 Å². The average Bonchev–Trinajstić information content (AvgIpc) is 2.33. The van der Waals surface area contributed by atoms with Gasteiger partial charge in [0.15, 0.2) is 0 Å². The summed E-state index contributed by atoms with van der Waals surface area (Å²) >= 11 is 3.32. The van der Waals surface area contributed by atoms with E-state index in [-0.39, 0.29) is 24.4 Å². The number of piperazine rings is 1. The van der Waals surface area contributed by atoms with Crippen molar-refractivity contribution < 1.29 is 9.59 Å². The molecule has 0 spiro atoms. The molecule has 1 aliphatic rings. The molecule has 1 unspecified atom stereocenters. The summed E-state index contributed by atoms with van der Waals surface area (Å²) in [5.74, 6) is -0.231. The number of carbonyl (C=O) groups is 2. The molecule has 0 bridgehead atoms. The van der Waals surface area contributed by atoms with Crippen LogP contribution in [0.3, 0.4) is 0 Å². The van der Waals surface area contributed by atoms with Crippen molar-refractivity contribution in [3.8, 4) is 0 Å². The monoisotopic (exact) mass is 297 g/mol. The van der Waals surface area contributed by atoms with Crippen LogP contribution in [-0.4, -0.2) is 30.9 Å². The van der Waals surface area contributed by atoms with E-state index < -0.39 is 0 Å². The van der Waals surface area contributed by atoms with Crippen molar-refractivity contribution >= 4 is 33.4 Å². The Labute approximate surface area is 107 Å². The zero-order chi connectivity index (χ0) is 12.3. The molecule has 1 atom stereocenters. The summed E-state index contributed by atoms with van der Waals surface area (Å²) in [6, 6.07) is 6.95. The fraction of sp³-hybridized carbons (Fsp3) is 0.273. The summed E-state index contributed by atoms with van der Waals surface area (Å²) in [6.45, 7) is 0.500. The predicted molar refractivity (Wildman–Crippen MR) is 67.6 cm³/mol. The van der Waals surface area contributed by atoms with Gasteiger partial charge >= 0.3 is 0 Å². The molecule has 2 rings (SSSR count). The molecule has 5 nitrogen and oxygen atoms in total. The highest BCUT2D eigenvalue weighted by Crippen LogP contribution is 2.14. The first-order valence-corrected chi connectivity index (χ1v) is 6.01. The van der Waals surface area contributed by atoms with Crippen LogP contribution in [0.4, 0.5) is 5.69 Å². The zero-order valence-corrected chi connectivity index (χ0v) is 10.6. The molecule has 1 heterocycles. The van der Waals surface area contributed by atoms with Crippen molar-refractivity contribution in [2.75, 3.05) is 18.4 Å². The van der Waals surface area contributed by atoms with Crippen LogP contribution in [0.15, 0.2) is 28.7 Å². The quantitative estimate of drug-likeness (QED) is 0.743. The van der Waals surface area contributed by atoms with Crippen LogP contribution in [0.5, 0.6) is 0 Å². The van der Waals surface area contributed by atoms with Crippen LogP contribution in [-0.2, 0) is 9.59 Å². The number of anilines is 1. The normalized spacial score (nSPS) is 19.6. The fourth-order valence-corrected chi connectivity index (χ4v) is 1.78. The lowest BCUT2D eigenvalue weighted by Gasteiger charge is -2.23. The average molecular weight is 298 g/mol. The fourth-order valence-electron chi connectivity index (χ4n) is 1.51. The first kappa shape index (κ1) is 12.1. The highest BCUT2D eigenvalue weighted by Gasteiger charge is 2.23. The van der Waals surface area contributed by atoms with Gasteiger partial charge in [-0.2, -0.15) is 0 Å². The molecule has 1 saturated heterocycles. The Kier molecular flexibility index (Phi) is 3.75. The van der Waals surface area contributed by atoms with Crippen molar-refractivity contribution in [3.05, 3.63) is 28.7 Å². The van der Waals surface area contributed by atoms with E-state index in [1.807, 2.05) is 24.3 Å². The first-order chi connectivity index (χ1) is 8.15. The second kappa shape index (κ2) is 5.29. The van der Waals surface area contributed by atoms with Gasteiger partial charge in [0.1, 0.15) is 6.04 Å². The number of nitrogens with one attached hydrogen (secondary N) is 3. The summed E-state index contributed by atoms with van der Waals surface area (Å²) < 4.78 is 0.957. The van der Waals surface area contributed by atoms with E-state index in [1.165, 1.54) is 0 Å². The van der Waals surface area contributed by atoms with Gasteiger partial charge in [0.2, 0.25) is 11.8 Å². The molecule has 1 aromatic rings. The molecule has 1 fully saturated rings. The van der Waals surface area contributed by atoms with Crippen molar-refractivity contribution in [3.63, 3.8) is 0 Å². The van der Waals surface area contributed by atoms with Crippen LogP contribution in [0.1, 0.15) is 0 Å². The third kappa shape index (κ3) is 3.28. The highest BCUT2D eigenvalue weighted by atomic mass is 79.9. The number of halogens is 1. The number of amides is 2. The largest absolute Gasteiger partial charge is 0.353 e. The van der Waals surface area contributed by atoms with Gasteiger partial charge in [-0.1, -0.05) is 15.9 Å². The van der Waals surface area contributed by atoms with Gasteiger partial charge in [-0.15, -0.1) is 0 Å². The number of carbonyl (C=O) groups excluding carboxylic acids is 2. The molecule has 2 amide bonds. The van der Waals surface area contributed by atoms with E-state index in [9.17, 15) is 9.59 Å². The van der Waals surface area contributed by atoms with Gasteiger partial charge in [0.25, 0.3) is 0 Å². The zero-order valence-electron chi connectivity index (χ0n) is 9.00. The Morgan fingerprint density at radius 2 is 2.06 bits per heavy atom. The van der Waals surface area contributed by atoms with E-state index in [1.54, 1.807) is 0 Å². The minimum Gasteiger partial charge on any atom is -0.353 e. The van der Waals surface area contributed by atoms with Gasteiger partial charge < -0.3 is 10.6 Å². The number of hydrogen-bond acceptors (Lipinski definition) is 3. The molecule has 1 aromatic carbocycles. The maximum atomic E-state index is 11.8. The summed E-state index contributed by atoms with van der Waals surface area (Å²) in [5.41, 5.74) is 0.733. The second-order valence-electron chi connectivity index (χ2n) is 3.73. The van der Waals surface area contributed by atoms with Crippen LogP contribution in [0.2, 0.25) is 0 Å². The summed E-state index contributed by atoms with van der Waals surface area (Å²) in [7, 11) is 0. The second-order valence-corrected chi connectivity index (χ2v) is 4.65. The number of hydrogen-bond donors (Lipinski definition) is 3. The van der Waals surface area contributed by atoms with Crippen LogP contribution in [0.25, 0.3) is 0 Å². The molecule has 90 valence electrons. The first-order valence-electron chi connectivity index (χ1n) is 5.21. The molecular formula is C11H12BrN3O2. The van der Waals surface area contributed by atoms with Gasteiger partial charge in [-0.3, -0.25) is 14.9 Å². The number of benzene rings is 1. The third-order valence-corrected chi connectivity index (χ3v) is 2.97. The van der Waals surface area contributed by atoms with E-state index in [0.29, 0.717) is 6.54 Å². The molecule has 0 aliphatic carbocycles. The minimum absolute atomic E-state index is 0.0855. The molecule has 0 saturated carbocycles. The molecule has 17 heavy (non-hydrogen) atoms. The third-order valence-electron chi connectivity index (χ3n) is 2.44. The van der Waals surface area contributed by atoms with Crippen molar-refractivity contribution in [1.29, 1.82) is 0 Å². The standard InChI is InChI=1S/C11H12BrN3O2/c12-7-1-3-8(4-2-7)15-11(17)9-5-14-10(16)6-13-9/h1-4,9,13H,5-6H2,(H,14,16)(H,15,17). The van der Waals surface area contributed by atoms with Gasteiger partial charge in [-0.25, -0.2) is 0 Å². The molecule has 0 aromatic heterocycles. The Balaban J connectivity index is 1.92. The van der Waals surface area contributed by atoms with E-state index in [0.717, 1.165) is 10.2 Å². The van der Waals surface area contributed by atoms with E-state index in [2.05, 4.69) is 31.9 Å². The van der Waals surface area contributed by atoms with Crippen LogP contribution < -0.4 is 16.0 Å². The van der Waals surface area contributed by atoms with Crippen LogP contribution >= 0.6 is 15.9 Å². The Morgan fingerprint density at radius 1 is 1.35 bits per heavy atom. The lowest BCUT2D eigenvalue weighted by atomic mass is 10.2. The predicted octanol–water partition coefficient (Wildman–Crippen LogP) is 0.476. The topological polar surface area (TPSA) is 70.2 Å². The van der Waals surface area contributed by atoms with E-state index in [4.69, 9.17) is 0 Å². The van der Waals surface area contributed by atoms with Gasteiger partial charge in [0.05, 0.1) is 6.54 Å². The van der Waals surface area contributed by atoms with Crippen molar-refractivity contribution in [2.24, 2.45) is 0 Å². The molecule has 3 N–H and O–H groups in total. The smallest absolute Gasteiger partial charge is 0.243 e. The summed E-state index contributed by atoms with van der Waals surface area (Å²) in [4.78, 5) is 22.7. The Hall–Kier alpha value is -1.40. The number of rotatable bonds is 2. The van der Waals surface area contributed by atoms with Crippen molar-refractivity contribution in [2.45, 2.75) is 6.04 Å². The minimum atomic E-state index is -0.378. The lowest BCUT2D eigenvalue weighted by molar-refractivity contribution is -0.124. The molecule has 0 radical (unpaired) electrons. The summed E-state index contributed by atoms with van der Waals surface area (Å²) in [6.07, 6.45) is 0. The molecule has 1 aliphatic heterocycles. The van der Waals surface area contributed by atoms with Crippen molar-refractivity contribution in [1.82, 2.24) is 10.6 Å². The van der Waals surface area contributed by atoms with Crippen LogP contribution in [0, 0.1) is 0 Å². The SMILES string of the molecule is O=C1CNC(C(=O)Nc2ccc(Br)cc2)CN1. The molecule has 6 heteroatoms. The maximum Gasteiger partial charge on any atom is 0.243 e. The lowest BCUT2D eigenvalue weighted by Crippen LogP contribution is -2.56. The maximum absolute atomic E-state index is 11.8. The highest BCUT2D eigenvalue weighted by molar-refractivity contribution is 9.10. The summed E-state index contributed by atoms with van der Waals surface area (Å²) in [5, 5.41) is 8.29. The Bertz CT molecular complexity index is 423. The molecular weight excluding hydrogens is 286 g/mol. The Morgan fingerprint density at radius 3 is 2.65 bits per heavy atom.